The molecule has 5 rings (SSSR count). The molecule has 32 heavy (non-hydrogen) atoms. The van der Waals surface area contributed by atoms with E-state index < -0.39 is 0 Å². The lowest BCUT2D eigenvalue weighted by Gasteiger charge is -2.43. The molecule has 1 aliphatic rings. The molecule has 1 aliphatic carbocycles. The summed E-state index contributed by atoms with van der Waals surface area (Å²) < 4.78 is 0. The predicted octanol–water partition coefficient (Wildman–Crippen LogP) is 4.73. The average Bonchev–Trinajstić information content (AvgIpc) is 3.41. The van der Waals surface area contributed by atoms with Gasteiger partial charge < -0.3 is 4.98 Å². The van der Waals surface area contributed by atoms with Gasteiger partial charge >= 0.3 is 0 Å². The number of hydrogen-bond donors (Lipinski definition) is 1. The van der Waals surface area contributed by atoms with Gasteiger partial charge in [-0.05, 0) is 74.7 Å². The van der Waals surface area contributed by atoms with Gasteiger partial charge in [0, 0.05) is 22.1 Å². The molecule has 0 saturated heterocycles. The molecule has 0 bridgehead atoms. The smallest absolute Gasteiger partial charge is 0.171 e. The molecule has 6 nitrogen and oxygen atoms in total. The molecule has 2 heterocycles. The Balaban J connectivity index is 1.49. The number of aromatic nitrogens is 5. The molecule has 4 aromatic rings. The van der Waals surface area contributed by atoms with Crippen molar-refractivity contribution in [1.82, 2.24) is 30.1 Å². The topological polar surface area (TPSA) is 62.6 Å². The van der Waals surface area contributed by atoms with Crippen LogP contribution in [0.3, 0.4) is 0 Å². The summed E-state index contributed by atoms with van der Waals surface area (Å²) in [6, 6.07) is 19.5. The van der Waals surface area contributed by atoms with Crippen LogP contribution < -0.4 is 0 Å². The summed E-state index contributed by atoms with van der Waals surface area (Å²) in [5.41, 5.74) is 6.65. The Kier molecular flexibility index (Phi) is 5.39. The first-order valence-corrected chi connectivity index (χ1v) is 11.3. The van der Waals surface area contributed by atoms with E-state index in [0.717, 1.165) is 25.7 Å². The highest BCUT2D eigenvalue weighted by molar-refractivity contribution is 5.89. The molecule has 6 heteroatoms. The average molecular weight is 427 g/mol. The van der Waals surface area contributed by atoms with Gasteiger partial charge in [-0.15, -0.1) is 10.2 Å². The van der Waals surface area contributed by atoms with Crippen LogP contribution in [0.25, 0.3) is 16.5 Å². The Morgan fingerprint density at radius 2 is 1.84 bits per heavy atom. The summed E-state index contributed by atoms with van der Waals surface area (Å²) in [7, 11) is 4.40. The van der Waals surface area contributed by atoms with Crippen LogP contribution in [0.4, 0.5) is 0 Å². The monoisotopic (exact) mass is 426 g/mol. The fraction of sp³-hybridized carbons (Fsp3) is 0.346. The maximum atomic E-state index is 4.37. The number of tetrazole rings is 1. The highest BCUT2D eigenvalue weighted by atomic mass is 15.6. The Morgan fingerprint density at radius 1 is 1.06 bits per heavy atom. The van der Waals surface area contributed by atoms with E-state index in [-0.39, 0.29) is 5.54 Å². The zero-order valence-corrected chi connectivity index (χ0v) is 19.0. The maximum absolute atomic E-state index is 4.37. The van der Waals surface area contributed by atoms with Crippen molar-refractivity contribution in [2.45, 2.75) is 44.7 Å². The van der Waals surface area contributed by atoms with Crippen LogP contribution in [-0.2, 0) is 18.5 Å². The highest BCUT2D eigenvalue weighted by Crippen LogP contribution is 2.43. The van der Waals surface area contributed by atoms with Gasteiger partial charge in [-0.1, -0.05) is 54.6 Å². The van der Waals surface area contributed by atoms with E-state index in [0.29, 0.717) is 12.4 Å². The second kappa shape index (κ2) is 8.36. The first kappa shape index (κ1) is 20.6. The second-order valence-electron chi connectivity index (χ2n) is 8.93. The molecular weight excluding hydrogens is 396 g/mol. The van der Waals surface area contributed by atoms with E-state index in [4.69, 9.17) is 0 Å². The number of aryl methyl sites for hydroxylation is 3. The first-order valence-electron chi connectivity index (χ1n) is 11.3. The van der Waals surface area contributed by atoms with Crippen molar-refractivity contribution in [1.29, 1.82) is 0 Å². The molecule has 0 spiro atoms. The number of hydrogen-bond acceptors (Lipinski definition) is 4. The zero-order valence-electron chi connectivity index (χ0n) is 19.0. The molecule has 1 N–H and O–H groups in total. The van der Waals surface area contributed by atoms with E-state index >= 15 is 0 Å². The van der Waals surface area contributed by atoms with Gasteiger partial charge in [0.05, 0.1) is 6.54 Å². The summed E-state index contributed by atoms with van der Waals surface area (Å²) in [5, 5.41) is 13.8. The maximum Gasteiger partial charge on any atom is 0.171 e. The van der Waals surface area contributed by atoms with Gasteiger partial charge in [0.15, 0.2) is 5.82 Å². The Labute approximate surface area is 188 Å². The summed E-state index contributed by atoms with van der Waals surface area (Å²) >= 11 is 0. The van der Waals surface area contributed by atoms with Crippen LogP contribution >= 0.6 is 0 Å². The lowest BCUT2D eigenvalue weighted by atomic mass is 9.75. The summed E-state index contributed by atoms with van der Waals surface area (Å²) in [4.78, 5) is 7.81. The van der Waals surface area contributed by atoms with Gasteiger partial charge in [-0.3, -0.25) is 4.90 Å². The van der Waals surface area contributed by atoms with Crippen molar-refractivity contribution in [3.63, 3.8) is 0 Å². The van der Waals surface area contributed by atoms with Crippen LogP contribution in [0.1, 0.15) is 41.9 Å². The third kappa shape index (κ3) is 3.65. The number of fused-ring (bicyclic) bond motifs is 1. The molecule has 2 aromatic carbocycles. The molecular formula is C26H30N6. The van der Waals surface area contributed by atoms with Gasteiger partial charge in [0.25, 0.3) is 0 Å². The summed E-state index contributed by atoms with van der Waals surface area (Å²) in [6.45, 7) is 2.59. The first-order chi connectivity index (χ1) is 15.6. The number of allylic oxidation sites excluding steroid dienone is 1. The Morgan fingerprint density at radius 3 is 2.53 bits per heavy atom. The van der Waals surface area contributed by atoms with Crippen molar-refractivity contribution in [2.24, 2.45) is 0 Å². The lowest BCUT2D eigenvalue weighted by Crippen LogP contribution is -2.42. The third-order valence-electron chi connectivity index (χ3n) is 6.91. The van der Waals surface area contributed by atoms with Crippen molar-refractivity contribution in [3.05, 3.63) is 83.3 Å². The fourth-order valence-corrected chi connectivity index (χ4v) is 5.10. The quantitative estimate of drug-likeness (QED) is 0.484. The standard InChI is InChI=1S/C26H30N6/c1-19-28-30-32(29-19)18-15-23-22-11-7-8-12-24(22)27-25(23)20-13-16-26(17-14-20,31(2)3)21-9-5-4-6-10-21/h4-13,27H,14-18H2,1-3H3. The predicted molar refractivity (Wildman–Crippen MR) is 128 cm³/mol. The van der Waals surface area contributed by atoms with Crippen LogP contribution in [0, 0.1) is 6.92 Å². The molecule has 1 atom stereocenters. The highest BCUT2D eigenvalue weighted by Gasteiger charge is 2.36. The van der Waals surface area contributed by atoms with E-state index in [1.54, 1.807) is 4.80 Å². The van der Waals surface area contributed by atoms with Crippen LogP contribution in [0.2, 0.25) is 0 Å². The molecule has 0 amide bonds. The van der Waals surface area contributed by atoms with E-state index in [1.807, 2.05) is 6.92 Å². The molecule has 164 valence electrons. The summed E-state index contributed by atoms with van der Waals surface area (Å²) in [5.74, 6) is 0.708. The number of benzene rings is 2. The second-order valence-corrected chi connectivity index (χ2v) is 8.93. The molecule has 2 aromatic heterocycles. The number of H-pyrrole nitrogens is 1. The van der Waals surface area contributed by atoms with Crippen LogP contribution in [0.15, 0.2) is 60.7 Å². The molecule has 0 aliphatic heterocycles. The minimum atomic E-state index is 0.0408. The number of nitrogens with one attached hydrogen (secondary N) is 1. The Hall–Kier alpha value is -3.25. The van der Waals surface area contributed by atoms with E-state index in [2.05, 4.69) is 100 Å². The number of rotatable bonds is 6. The van der Waals surface area contributed by atoms with Crippen molar-refractivity contribution < 1.29 is 0 Å². The zero-order chi connectivity index (χ0) is 22.1. The molecule has 0 fully saturated rings. The largest absolute Gasteiger partial charge is 0.355 e. The number of nitrogens with zero attached hydrogens (tertiary/aromatic N) is 5. The van der Waals surface area contributed by atoms with E-state index in [9.17, 15) is 0 Å². The van der Waals surface area contributed by atoms with Gasteiger partial charge in [0.1, 0.15) is 0 Å². The SMILES string of the molecule is Cc1nnn(CCc2c(C3=CCC(c4ccccc4)(N(C)C)CC3)[nH]c3ccccc23)n1. The van der Waals surface area contributed by atoms with Gasteiger partial charge in [-0.25, -0.2) is 0 Å². The number of aromatic amines is 1. The minimum Gasteiger partial charge on any atom is -0.355 e. The third-order valence-corrected chi connectivity index (χ3v) is 6.91. The summed E-state index contributed by atoms with van der Waals surface area (Å²) in [6.07, 6.45) is 6.44. The lowest BCUT2D eigenvalue weighted by molar-refractivity contribution is 0.138. The van der Waals surface area contributed by atoms with Crippen LogP contribution in [0.5, 0.6) is 0 Å². The Bertz CT molecular complexity index is 1250. The van der Waals surface area contributed by atoms with Crippen molar-refractivity contribution >= 4 is 16.5 Å². The normalized spacial score (nSPS) is 18.9. The fourth-order valence-electron chi connectivity index (χ4n) is 5.10. The number of para-hydroxylation sites is 1. The van der Waals surface area contributed by atoms with Gasteiger partial charge in [0.2, 0.25) is 0 Å². The van der Waals surface area contributed by atoms with Crippen molar-refractivity contribution in [3.8, 4) is 0 Å². The minimum absolute atomic E-state index is 0.0408. The molecule has 1 unspecified atom stereocenters. The molecule has 0 radical (unpaired) electrons. The van der Waals surface area contributed by atoms with E-state index in [1.165, 1.54) is 33.3 Å². The van der Waals surface area contributed by atoms with Gasteiger partial charge in [-0.2, -0.15) is 4.80 Å². The molecule has 0 saturated carbocycles. The van der Waals surface area contributed by atoms with Crippen molar-refractivity contribution in [2.75, 3.05) is 14.1 Å². The van der Waals surface area contributed by atoms with Crippen LogP contribution in [-0.4, -0.2) is 44.2 Å².